The molecule has 0 radical (unpaired) electrons. The Morgan fingerprint density at radius 1 is 0.730 bits per heavy atom. The van der Waals surface area contributed by atoms with Gasteiger partial charge in [0.1, 0.15) is 35.7 Å². The lowest BCUT2D eigenvalue weighted by molar-refractivity contribution is -0.135. The Bertz CT molecular complexity index is 2530. The van der Waals surface area contributed by atoms with E-state index in [0.717, 1.165) is 16.5 Å². The van der Waals surface area contributed by atoms with E-state index in [1.165, 1.54) is 6.92 Å². The van der Waals surface area contributed by atoms with Crippen LogP contribution in [0.15, 0.2) is 64.7 Å². The Balaban J connectivity index is 1.75. The van der Waals surface area contributed by atoms with Gasteiger partial charge in [0.25, 0.3) is 0 Å². The summed E-state index contributed by atoms with van der Waals surface area (Å²) in [6, 6.07) is 7.41. The lowest BCUT2D eigenvalue weighted by Gasteiger charge is -2.27. The van der Waals surface area contributed by atoms with Crippen molar-refractivity contribution in [3.05, 3.63) is 70.9 Å². The summed E-state index contributed by atoms with van der Waals surface area (Å²) in [5.41, 5.74) is 35.9. The molecular formula is C50H71ClN14O9. The minimum atomic E-state index is -1.49. The van der Waals surface area contributed by atoms with Gasteiger partial charge in [0, 0.05) is 92.6 Å². The standard InChI is InChI=1S/C50H71ClN14O9/c1-28(66)61-38(17-9-21-59-50(56)57)46(72)63-39-19-18-33(67)12-3-6-16-37(44(53)70)62-45(71)31(22-32-27-60-36-15-7-4-13-34(32)36)25-42(68)30(11-8-20-58-49(54)55)24-43(69)40(23-29-10-2-5-14-35(29)51)64-48(74)41(26-52)65-47(39)73/h2,4-5,7,10,13-15,27,30-31,37-41,60H,3,6,8-9,11-12,16-26,52H2,1H3,(H2,53,70)(H,61,66)(H,62,71)(H,63,72)(H,64,74)(H,65,73)(H4,54,55,58)(H4,56,57,59)/t30-,31-,37+,38+,39+,40-,41+/m1/s1. The van der Waals surface area contributed by atoms with E-state index in [-0.39, 0.29) is 119 Å². The zero-order valence-electron chi connectivity index (χ0n) is 41.7. The number of para-hydroxylation sites is 1. The van der Waals surface area contributed by atoms with Crippen LogP contribution in [0.4, 0.5) is 0 Å². The number of aliphatic imine (C=N–C) groups is 2. The van der Waals surface area contributed by atoms with Gasteiger partial charge in [-0.3, -0.25) is 53.1 Å². The number of halogens is 1. The number of benzene rings is 2. The number of guanidine groups is 2. The fourth-order valence-corrected chi connectivity index (χ4v) is 8.89. The van der Waals surface area contributed by atoms with Gasteiger partial charge in [0.15, 0.2) is 17.7 Å². The molecule has 74 heavy (non-hydrogen) atoms. The first kappa shape index (κ1) is 59.2. The molecule has 0 saturated carbocycles. The highest BCUT2D eigenvalue weighted by molar-refractivity contribution is 6.31. The van der Waals surface area contributed by atoms with Crippen molar-refractivity contribution in [3.8, 4) is 0 Å². The van der Waals surface area contributed by atoms with Crippen LogP contribution in [0.1, 0.15) is 95.1 Å². The number of amides is 6. The third kappa shape index (κ3) is 19.6. The largest absolute Gasteiger partial charge is 0.370 e. The summed E-state index contributed by atoms with van der Waals surface area (Å²) >= 11 is 6.57. The van der Waals surface area contributed by atoms with Gasteiger partial charge in [-0.1, -0.05) is 54.4 Å². The van der Waals surface area contributed by atoms with Crippen molar-refractivity contribution in [2.75, 3.05) is 19.6 Å². The van der Waals surface area contributed by atoms with Crippen LogP contribution in [0.3, 0.4) is 0 Å². The molecule has 24 heteroatoms. The van der Waals surface area contributed by atoms with Crippen LogP contribution < -0.4 is 61.0 Å². The van der Waals surface area contributed by atoms with E-state index in [9.17, 15) is 43.2 Å². The van der Waals surface area contributed by atoms with E-state index in [0.29, 0.717) is 5.56 Å². The molecular weight excluding hydrogens is 976 g/mol. The van der Waals surface area contributed by atoms with E-state index < -0.39 is 102 Å². The number of hydrogen-bond acceptors (Lipinski definition) is 12. The highest BCUT2D eigenvalue weighted by Crippen LogP contribution is 2.27. The number of nitrogens with zero attached hydrogens (tertiary/aromatic N) is 2. The molecule has 0 bridgehead atoms. The van der Waals surface area contributed by atoms with Gasteiger partial charge in [-0.2, -0.15) is 0 Å². The highest BCUT2D eigenvalue weighted by Gasteiger charge is 2.35. The van der Waals surface area contributed by atoms with E-state index in [1.54, 1.807) is 30.5 Å². The first-order chi connectivity index (χ1) is 35.3. The maximum absolute atomic E-state index is 14.7. The Hall–Kier alpha value is -7.40. The molecule has 0 spiro atoms. The van der Waals surface area contributed by atoms with Crippen LogP contribution in [0, 0.1) is 11.8 Å². The van der Waals surface area contributed by atoms with Gasteiger partial charge >= 0.3 is 0 Å². The molecule has 23 nitrogen and oxygen atoms in total. The first-order valence-corrected chi connectivity index (χ1v) is 25.1. The molecule has 4 rings (SSSR count). The van der Waals surface area contributed by atoms with Gasteiger partial charge < -0.3 is 66.0 Å². The summed E-state index contributed by atoms with van der Waals surface area (Å²) < 4.78 is 0. The van der Waals surface area contributed by atoms with Crippen molar-refractivity contribution >= 4 is 87.2 Å². The predicted octanol–water partition coefficient (Wildman–Crippen LogP) is -0.324. The molecule has 0 aliphatic carbocycles. The van der Waals surface area contributed by atoms with Crippen molar-refractivity contribution in [1.29, 1.82) is 0 Å². The van der Waals surface area contributed by atoms with E-state index in [4.69, 9.17) is 46.0 Å². The number of aromatic nitrogens is 1. The maximum atomic E-state index is 14.7. The SMILES string of the molecule is CC(=O)N[C@@H](CCCN=C(N)N)C(=O)N[C@H]1CCC(=O)CCCC[C@@H](C(N)=O)NC(=O)[C@H](Cc2c[nH]c3ccccc23)CC(=O)[C@H](CCCN=C(N)N)CC(=O)[C@@H](Cc2ccccc2Cl)NC(=O)[C@H](CN)NC1=O. The number of ketones is 3. The molecule has 6 amide bonds. The summed E-state index contributed by atoms with van der Waals surface area (Å²) in [5.74, 6) is -8.41. The Labute approximate surface area is 434 Å². The molecule has 0 unspecified atom stereocenters. The Kier molecular flexibility index (Phi) is 23.9. The summed E-state index contributed by atoms with van der Waals surface area (Å²) in [7, 11) is 0. The lowest BCUT2D eigenvalue weighted by atomic mass is 9.83. The number of carbonyl (C=O) groups excluding carboxylic acids is 9. The Morgan fingerprint density at radius 3 is 2.07 bits per heavy atom. The summed E-state index contributed by atoms with van der Waals surface area (Å²) in [6.45, 7) is 0.961. The third-order valence-electron chi connectivity index (χ3n) is 12.7. The van der Waals surface area contributed by atoms with E-state index in [1.807, 2.05) is 24.3 Å². The average molecular weight is 1050 g/mol. The number of nitrogens with one attached hydrogen (secondary N) is 6. The first-order valence-electron chi connectivity index (χ1n) is 24.7. The Morgan fingerprint density at radius 2 is 1.39 bits per heavy atom. The number of Topliss-reactive ketones (excluding diaryl/α,β-unsaturated/α-hetero) is 3. The molecule has 2 aromatic carbocycles. The second-order valence-corrected chi connectivity index (χ2v) is 18.9. The van der Waals surface area contributed by atoms with Gasteiger partial charge in [-0.25, -0.2) is 0 Å². The minimum Gasteiger partial charge on any atom is -0.370 e. The number of hydrogen-bond donors (Lipinski definition) is 12. The summed E-state index contributed by atoms with van der Waals surface area (Å²) in [5, 5.41) is 14.2. The van der Waals surface area contributed by atoms with Gasteiger partial charge in [0.2, 0.25) is 35.4 Å². The lowest BCUT2D eigenvalue weighted by Crippen LogP contribution is -2.59. The number of nitrogens with two attached hydrogens (primary N) is 6. The zero-order chi connectivity index (χ0) is 54.3. The fraction of sp³-hybridized carbons (Fsp3) is 0.500. The van der Waals surface area contributed by atoms with Crippen LogP contribution in [0.5, 0.6) is 0 Å². The van der Waals surface area contributed by atoms with Crippen LogP contribution >= 0.6 is 11.6 Å². The van der Waals surface area contributed by atoms with Crippen LogP contribution in [0.25, 0.3) is 10.9 Å². The topological polar surface area (TPSA) is 410 Å². The average Bonchev–Trinajstić information content (AvgIpc) is 3.76. The molecule has 3 aromatic rings. The molecule has 2 heterocycles. The highest BCUT2D eigenvalue weighted by atomic mass is 35.5. The smallest absolute Gasteiger partial charge is 0.244 e. The van der Waals surface area contributed by atoms with Crippen molar-refractivity contribution in [1.82, 2.24) is 31.6 Å². The normalized spacial score (nSPS) is 21.6. The van der Waals surface area contributed by atoms with E-state index >= 15 is 0 Å². The second kappa shape index (κ2) is 30.0. The molecule has 1 aliphatic heterocycles. The minimum absolute atomic E-state index is 0.0159. The molecule has 1 aromatic heterocycles. The quantitative estimate of drug-likeness (QED) is 0.0469. The fourth-order valence-electron chi connectivity index (χ4n) is 8.68. The van der Waals surface area contributed by atoms with Crippen LogP contribution in [-0.4, -0.2) is 120 Å². The number of carbonyl (C=O) groups is 9. The van der Waals surface area contributed by atoms with Gasteiger partial charge in [-0.05, 0) is 74.6 Å². The van der Waals surface area contributed by atoms with Crippen molar-refractivity contribution < 1.29 is 43.2 Å². The molecule has 1 saturated heterocycles. The van der Waals surface area contributed by atoms with Crippen molar-refractivity contribution in [2.24, 2.45) is 56.2 Å². The molecule has 18 N–H and O–H groups in total. The van der Waals surface area contributed by atoms with Gasteiger partial charge in [-0.15, -0.1) is 0 Å². The predicted molar refractivity (Wildman–Crippen MR) is 279 cm³/mol. The monoisotopic (exact) mass is 1050 g/mol. The number of aromatic amines is 1. The van der Waals surface area contributed by atoms with E-state index in [2.05, 4.69) is 41.6 Å². The zero-order valence-corrected chi connectivity index (χ0v) is 42.4. The summed E-state index contributed by atoms with van der Waals surface area (Å²) in [6.07, 6.45) is 1.57. The number of primary amides is 1. The summed E-state index contributed by atoms with van der Waals surface area (Å²) in [4.78, 5) is 135. The molecule has 402 valence electrons. The molecule has 1 fully saturated rings. The van der Waals surface area contributed by atoms with Crippen molar-refractivity contribution in [3.63, 3.8) is 0 Å². The number of fused-ring (bicyclic) bond motifs is 1. The number of H-pyrrole nitrogens is 1. The van der Waals surface area contributed by atoms with Crippen LogP contribution in [0.2, 0.25) is 5.02 Å². The van der Waals surface area contributed by atoms with Crippen molar-refractivity contribution in [2.45, 2.75) is 127 Å². The molecule has 7 atom stereocenters. The second-order valence-electron chi connectivity index (χ2n) is 18.5. The molecule has 1 aliphatic rings. The number of rotatable bonds is 17. The van der Waals surface area contributed by atoms with Crippen LogP contribution in [-0.2, 0) is 56.0 Å². The third-order valence-corrected chi connectivity index (χ3v) is 13.0. The maximum Gasteiger partial charge on any atom is 0.244 e. The van der Waals surface area contributed by atoms with Gasteiger partial charge in [0.05, 0.1) is 6.04 Å².